The molecule has 12 nitrogen and oxygen atoms in total. The Hall–Kier alpha value is -2.99. The summed E-state index contributed by atoms with van der Waals surface area (Å²) in [5.74, 6) is 0.571. The van der Waals surface area contributed by atoms with Crippen LogP contribution in [-0.2, 0) is 24.4 Å². The number of aromatic nitrogens is 2. The number of amides is 3. The van der Waals surface area contributed by atoms with Crippen molar-refractivity contribution in [2.45, 2.75) is 104 Å². The van der Waals surface area contributed by atoms with Crippen molar-refractivity contribution in [3.05, 3.63) is 17.6 Å². The van der Waals surface area contributed by atoms with E-state index in [2.05, 4.69) is 24.1 Å². The summed E-state index contributed by atoms with van der Waals surface area (Å²) in [6.07, 6.45) is 3.42. The van der Waals surface area contributed by atoms with Crippen LogP contribution >= 0.6 is 0 Å². The normalized spacial score (nSPS) is 24.2. The van der Waals surface area contributed by atoms with Gasteiger partial charge in [-0.2, -0.15) is 0 Å². The van der Waals surface area contributed by atoms with Crippen LogP contribution < -0.4 is 5.32 Å². The molecule has 0 spiro atoms. The molecule has 1 N–H and O–H groups in total. The van der Waals surface area contributed by atoms with Crippen LogP contribution in [0.4, 0.5) is 10.6 Å². The van der Waals surface area contributed by atoms with Gasteiger partial charge >= 0.3 is 6.09 Å². The van der Waals surface area contributed by atoms with Crippen LogP contribution in [0.2, 0.25) is 0 Å². The quantitative estimate of drug-likeness (QED) is 0.454. The summed E-state index contributed by atoms with van der Waals surface area (Å²) in [7, 11) is 1.71. The van der Waals surface area contributed by atoms with Crippen molar-refractivity contribution in [1.29, 1.82) is 0 Å². The molecular weight excluding hydrogens is 576 g/mol. The van der Waals surface area contributed by atoms with Crippen LogP contribution in [0.1, 0.15) is 90.8 Å². The van der Waals surface area contributed by atoms with Gasteiger partial charge in [-0.15, -0.1) is 0 Å². The number of carbonyl (C=O) groups is 3. The summed E-state index contributed by atoms with van der Waals surface area (Å²) in [5, 5.41) is 3.50. The van der Waals surface area contributed by atoms with Crippen molar-refractivity contribution in [2.24, 2.45) is 11.8 Å². The number of carbonyl (C=O) groups excluding carboxylic acids is 3. The zero-order valence-corrected chi connectivity index (χ0v) is 28.7. The van der Waals surface area contributed by atoms with Crippen LogP contribution in [-0.4, -0.2) is 119 Å². The first-order valence-corrected chi connectivity index (χ1v) is 16.4. The summed E-state index contributed by atoms with van der Waals surface area (Å²) in [6.45, 7) is 18.7. The highest BCUT2D eigenvalue weighted by molar-refractivity contribution is 5.99. The molecule has 1 aromatic heterocycles. The van der Waals surface area contributed by atoms with E-state index in [9.17, 15) is 14.4 Å². The number of rotatable bonds is 8. The number of nitrogens with zero attached hydrogens (tertiary/aromatic N) is 5. The van der Waals surface area contributed by atoms with E-state index >= 15 is 0 Å². The van der Waals surface area contributed by atoms with Crippen LogP contribution in [0, 0.1) is 11.8 Å². The van der Waals surface area contributed by atoms with Crippen molar-refractivity contribution in [3.63, 3.8) is 0 Å². The van der Waals surface area contributed by atoms with Gasteiger partial charge in [0.05, 0.1) is 31.3 Å². The monoisotopic (exact) mass is 630 g/mol. The summed E-state index contributed by atoms with van der Waals surface area (Å²) in [6, 6.07) is -0.275. The minimum Gasteiger partial charge on any atom is -0.444 e. The zero-order valence-electron chi connectivity index (χ0n) is 28.7. The Bertz CT molecular complexity index is 1200. The molecule has 2 atom stereocenters. The number of morpholine rings is 1. The maximum absolute atomic E-state index is 14.6. The second-order valence-corrected chi connectivity index (χ2v) is 15.1. The lowest BCUT2D eigenvalue weighted by Gasteiger charge is -2.44. The Labute approximate surface area is 268 Å². The van der Waals surface area contributed by atoms with Gasteiger partial charge < -0.3 is 34.2 Å². The Morgan fingerprint density at radius 3 is 2.29 bits per heavy atom. The number of ether oxygens (including phenoxy) is 3. The van der Waals surface area contributed by atoms with Gasteiger partial charge in [-0.3, -0.25) is 9.59 Å². The second kappa shape index (κ2) is 14.2. The number of nitrogens with one attached hydrogen (secondary N) is 1. The Morgan fingerprint density at radius 1 is 1.04 bits per heavy atom. The fourth-order valence-electron chi connectivity index (χ4n) is 6.02. The summed E-state index contributed by atoms with van der Waals surface area (Å²) in [5.41, 5.74) is -0.624. The first-order chi connectivity index (χ1) is 21.1. The molecule has 3 heterocycles. The van der Waals surface area contributed by atoms with Crippen LogP contribution in [0.25, 0.3) is 0 Å². The third-order valence-corrected chi connectivity index (χ3v) is 8.47. The number of piperidine rings is 1. The van der Waals surface area contributed by atoms with Crippen LogP contribution in [0.3, 0.4) is 0 Å². The summed E-state index contributed by atoms with van der Waals surface area (Å²) in [4.78, 5) is 56.5. The number of hydrogen-bond donors (Lipinski definition) is 1. The van der Waals surface area contributed by atoms with Crippen molar-refractivity contribution < 1.29 is 28.6 Å². The smallest absolute Gasteiger partial charge is 0.410 e. The van der Waals surface area contributed by atoms with E-state index in [0.29, 0.717) is 56.5 Å². The molecule has 252 valence electrons. The SMILES string of the molecule is COC1CC(Nc2nc(C(C)(C)C)ncc2C(=O)N(CC(C)C)[C@H]2C[C@@H](C(=O)N3CCOCC3)CN(C(=O)OC(C)(C)C)C2)C1. The van der Waals surface area contributed by atoms with Crippen molar-refractivity contribution >= 4 is 23.7 Å². The summed E-state index contributed by atoms with van der Waals surface area (Å²) < 4.78 is 16.7. The van der Waals surface area contributed by atoms with E-state index in [1.807, 2.05) is 51.3 Å². The molecule has 0 aromatic carbocycles. The lowest BCUT2D eigenvalue weighted by molar-refractivity contribution is -0.142. The van der Waals surface area contributed by atoms with Crippen LogP contribution in [0.15, 0.2) is 6.20 Å². The lowest BCUT2D eigenvalue weighted by atomic mass is 9.89. The number of methoxy groups -OCH3 is 1. The van der Waals surface area contributed by atoms with Gasteiger partial charge in [0.15, 0.2) is 0 Å². The molecule has 12 heteroatoms. The first-order valence-electron chi connectivity index (χ1n) is 16.4. The fourth-order valence-corrected chi connectivity index (χ4v) is 6.02. The zero-order chi connectivity index (χ0) is 33.1. The minimum absolute atomic E-state index is 0.0218. The van der Waals surface area contributed by atoms with E-state index < -0.39 is 23.7 Å². The Kier molecular flexibility index (Phi) is 11.0. The Balaban J connectivity index is 1.68. The predicted octanol–water partition coefficient (Wildman–Crippen LogP) is 3.95. The molecule has 3 fully saturated rings. The largest absolute Gasteiger partial charge is 0.444 e. The maximum atomic E-state index is 14.6. The second-order valence-electron chi connectivity index (χ2n) is 15.1. The number of anilines is 1. The van der Waals surface area contributed by atoms with Gasteiger partial charge in [0.2, 0.25) is 5.91 Å². The van der Waals surface area contributed by atoms with Crippen molar-refractivity contribution in [1.82, 2.24) is 24.7 Å². The fraction of sp³-hybridized carbons (Fsp3) is 0.788. The first kappa shape index (κ1) is 34.9. The minimum atomic E-state index is -0.697. The molecule has 1 aliphatic carbocycles. The Morgan fingerprint density at radius 2 is 1.71 bits per heavy atom. The molecule has 1 aromatic rings. The highest BCUT2D eigenvalue weighted by Crippen LogP contribution is 2.31. The van der Waals surface area contributed by atoms with Gasteiger partial charge in [0, 0.05) is 57.5 Å². The third-order valence-electron chi connectivity index (χ3n) is 8.47. The van der Waals surface area contributed by atoms with Gasteiger partial charge in [-0.05, 0) is 46.0 Å². The lowest BCUT2D eigenvalue weighted by Crippen LogP contribution is -2.58. The molecule has 2 aliphatic heterocycles. The molecule has 2 saturated heterocycles. The third kappa shape index (κ3) is 9.06. The maximum Gasteiger partial charge on any atom is 0.410 e. The van der Waals surface area contributed by atoms with Crippen molar-refractivity contribution in [3.8, 4) is 0 Å². The highest BCUT2D eigenvalue weighted by atomic mass is 16.6. The van der Waals surface area contributed by atoms with Gasteiger partial charge in [-0.1, -0.05) is 34.6 Å². The van der Waals surface area contributed by atoms with Crippen LogP contribution in [0.5, 0.6) is 0 Å². The molecule has 0 bridgehead atoms. The van der Waals surface area contributed by atoms with Gasteiger partial charge in [0.1, 0.15) is 22.8 Å². The van der Waals surface area contributed by atoms with Crippen molar-refractivity contribution in [2.75, 3.05) is 58.4 Å². The molecule has 0 unspecified atom stereocenters. The van der Waals surface area contributed by atoms with E-state index in [0.717, 1.165) is 12.8 Å². The topological polar surface area (TPSA) is 126 Å². The molecule has 0 radical (unpaired) electrons. The van der Waals surface area contributed by atoms with E-state index in [4.69, 9.17) is 19.2 Å². The van der Waals surface area contributed by atoms with E-state index in [1.165, 1.54) is 0 Å². The molecule has 4 rings (SSSR count). The molecule has 1 saturated carbocycles. The van der Waals surface area contributed by atoms with Gasteiger partial charge in [0.25, 0.3) is 5.91 Å². The average molecular weight is 631 g/mol. The standard InChI is InChI=1S/C33H54N6O6/c1-21(2)18-39(29(41)26-17-34-30(32(3,4)5)36-27(26)35-23-15-25(16-23)43-9)24-14-22(28(40)37-10-12-44-13-11-37)19-38(20-24)31(42)45-33(6,7)8/h17,21-25H,10-16,18-20H2,1-9H3,(H,34,35,36)/t22-,23?,24+,25?/m1/s1. The average Bonchev–Trinajstić information content (AvgIpc) is 2.95. The number of likely N-dealkylation sites (tertiary alicyclic amines) is 1. The molecule has 3 aliphatic rings. The van der Waals surface area contributed by atoms with Gasteiger partial charge in [-0.25, -0.2) is 14.8 Å². The molecule has 45 heavy (non-hydrogen) atoms. The highest BCUT2D eigenvalue weighted by Gasteiger charge is 2.42. The predicted molar refractivity (Wildman–Crippen MR) is 171 cm³/mol. The molecule has 3 amide bonds. The summed E-state index contributed by atoms with van der Waals surface area (Å²) >= 11 is 0. The van der Waals surface area contributed by atoms with E-state index in [1.54, 1.807) is 18.2 Å². The molecular formula is C33H54N6O6. The number of hydrogen-bond acceptors (Lipinski definition) is 9. The van der Waals surface area contributed by atoms with E-state index in [-0.39, 0.29) is 48.4 Å².